The van der Waals surface area contributed by atoms with E-state index >= 15 is 0 Å². The first-order chi connectivity index (χ1) is 6.68. The number of aromatic hydroxyl groups is 1. The van der Waals surface area contributed by atoms with Crippen LogP contribution in [-0.4, -0.2) is 28.8 Å². The normalized spacial score (nSPS) is 19.0. The van der Waals surface area contributed by atoms with E-state index in [1.807, 2.05) is 0 Å². The van der Waals surface area contributed by atoms with Crippen LogP contribution in [0.3, 0.4) is 0 Å². The molecule has 0 saturated carbocycles. The van der Waals surface area contributed by atoms with Gasteiger partial charge in [-0.3, -0.25) is 0 Å². The highest BCUT2D eigenvalue weighted by Gasteiger charge is 2.25. The largest absolute Gasteiger partial charge is 0.504 e. The highest BCUT2D eigenvalue weighted by atomic mass is 16.5. The average Bonchev–Trinajstić information content (AvgIpc) is 2.17. The van der Waals surface area contributed by atoms with E-state index in [4.69, 9.17) is 9.84 Å². The van der Waals surface area contributed by atoms with Crippen LogP contribution in [0.25, 0.3) is 0 Å². The standard InChI is InChI=1S/C9H9NO4/c11-7-3-1-2-5-8(7)14-4-6(10-5)9(12)13/h1-3,6,10-11H,4H2,(H,12,13). The van der Waals surface area contributed by atoms with E-state index in [1.165, 1.54) is 6.07 Å². The van der Waals surface area contributed by atoms with Gasteiger partial charge in [-0.1, -0.05) is 6.07 Å². The molecule has 1 aromatic rings. The van der Waals surface area contributed by atoms with E-state index in [0.29, 0.717) is 11.4 Å². The number of para-hydroxylation sites is 1. The molecule has 5 nitrogen and oxygen atoms in total. The van der Waals surface area contributed by atoms with Crippen LogP contribution >= 0.6 is 0 Å². The quantitative estimate of drug-likeness (QED) is 0.613. The van der Waals surface area contributed by atoms with Crippen molar-refractivity contribution in [3.63, 3.8) is 0 Å². The number of hydrogen-bond donors (Lipinski definition) is 3. The van der Waals surface area contributed by atoms with Gasteiger partial charge in [-0.05, 0) is 12.1 Å². The van der Waals surface area contributed by atoms with Gasteiger partial charge in [0.1, 0.15) is 6.61 Å². The Kier molecular flexibility index (Phi) is 1.92. The van der Waals surface area contributed by atoms with E-state index in [-0.39, 0.29) is 12.4 Å². The second kappa shape index (κ2) is 3.10. The number of rotatable bonds is 1. The first-order valence-corrected chi connectivity index (χ1v) is 4.12. The molecular weight excluding hydrogens is 186 g/mol. The number of ether oxygens (including phenoxy) is 1. The van der Waals surface area contributed by atoms with Crippen molar-refractivity contribution in [2.45, 2.75) is 6.04 Å². The van der Waals surface area contributed by atoms with Gasteiger partial charge < -0.3 is 20.3 Å². The molecule has 0 aromatic heterocycles. The fourth-order valence-electron chi connectivity index (χ4n) is 1.32. The molecule has 2 rings (SSSR count). The molecule has 3 N–H and O–H groups in total. The summed E-state index contributed by atoms with van der Waals surface area (Å²) in [6.45, 7) is 0.0138. The molecule has 1 aliphatic rings. The van der Waals surface area contributed by atoms with Crippen molar-refractivity contribution in [2.24, 2.45) is 0 Å². The van der Waals surface area contributed by atoms with E-state index in [0.717, 1.165) is 0 Å². The summed E-state index contributed by atoms with van der Waals surface area (Å²) >= 11 is 0. The number of aliphatic carboxylic acids is 1. The number of phenolic OH excluding ortho intramolecular Hbond substituents is 1. The monoisotopic (exact) mass is 195 g/mol. The SMILES string of the molecule is O=C(O)C1COc2c(O)cccc2N1. The number of benzene rings is 1. The van der Waals surface area contributed by atoms with Crippen molar-refractivity contribution in [1.82, 2.24) is 0 Å². The Hall–Kier alpha value is -1.91. The summed E-state index contributed by atoms with van der Waals surface area (Å²) in [5.41, 5.74) is 0.503. The van der Waals surface area contributed by atoms with Gasteiger partial charge in [0.2, 0.25) is 0 Å². The molecule has 1 aliphatic heterocycles. The van der Waals surface area contributed by atoms with Gasteiger partial charge in [0, 0.05) is 0 Å². The van der Waals surface area contributed by atoms with Crippen LogP contribution in [0.2, 0.25) is 0 Å². The zero-order chi connectivity index (χ0) is 10.1. The molecule has 1 atom stereocenters. The number of phenols is 1. The summed E-state index contributed by atoms with van der Waals surface area (Å²) in [6.07, 6.45) is 0. The lowest BCUT2D eigenvalue weighted by molar-refractivity contribution is -0.138. The van der Waals surface area contributed by atoms with E-state index < -0.39 is 12.0 Å². The number of carbonyl (C=O) groups is 1. The van der Waals surface area contributed by atoms with Crippen molar-refractivity contribution in [1.29, 1.82) is 0 Å². The number of anilines is 1. The van der Waals surface area contributed by atoms with Crippen molar-refractivity contribution in [3.05, 3.63) is 18.2 Å². The van der Waals surface area contributed by atoms with Crippen molar-refractivity contribution in [3.8, 4) is 11.5 Å². The second-order valence-corrected chi connectivity index (χ2v) is 3.00. The fourth-order valence-corrected chi connectivity index (χ4v) is 1.32. The summed E-state index contributed by atoms with van der Waals surface area (Å²) in [6, 6.07) is 4.00. The Morgan fingerprint density at radius 1 is 1.57 bits per heavy atom. The van der Waals surface area contributed by atoms with Gasteiger partial charge in [-0.15, -0.1) is 0 Å². The van der Waals surface area contributed by atoms with Crippen LogP contribution in [0.15, 0.2) is 18.2 Å². The van der Waals surface area contributed by atoms with Gasteiger partial charge in [0.15, 0.2) is 17.5 Å². The first-order valence-electron chi connectivity index (χ1n) is 4.12. The zero-order valence-corrected chi connectivity index (χ0v) is 7.23. The minimum atomic E-state index is -0.973. The highest BCUT2D eigenvalue weighted by Crippen LogP contribution is 2.36. The van der Waals surface area contributed by atoms with Crippen molar-refractivity contribution < 1.29 is 19.7 Å². The lowest BCUT2D eigenvalue weighted by Crippen LogP contribution is -2.38. The summed E-state index contributed by atoms with van der Waals surface area (Å²) in [5.74, 6) is -0.650. The summed E-state index contributed by atoms with van der Waals surface area (Å²) in [5, 5.41) is 20.8. The van der Waals surface area contributed by atoms with Crippen LogP contribution < -0.4 is 10.1 Å². The van der Waals surface area contributed by atoms with Crippen molar-refractivity contribution in [2.75, 3.05) is 11.9 Å². The molecule has 0 aliphatic carbocycles. The molecule has 14 heavy (non-hydrogen) atoms. The summed E-state index contributed by atoms with van der Waals surface area (Å²) < 4.78 is 5.13. The predicted molar refractivity (Wildman–Crippen MR) is 48.6 cm³/mol. The molecule has 5 heteroatoms. The van der Waals surface area contributed by atoms with Gasteiger partial charge in [-0.25, -0.2) is 4.79 Å². The van der Waals surface area contributed by atoms with Crippen LogP contribution in [-0.2, 0) is 4.79 Å². The lowest BCUT2D eigenvalue weighted by Gasteiger charge is -2.24. The van der Waals surface area contributed by atoms with Gasteiger partial charge in [-0.2, -0.15) is 0 Å². The van der Waals surface area contributed by atoms with Gasteiger partial charge in [0.25, 0.3) is 0 Å². The van der Waals surface area contributed by atoms with Gasteiger partial charge in [0.05, 0.1) is 5.69 Å². The van der Waals surface area contributed by atoms with E-state index in [2.05, 4.69) is 5.32 Å². The van der Waals surface area contributed by atoms with Crippen LogP contribution in [0.5, 0.6) is 11.5 Å². The van der Waals surface area contributed by atoms with Crippen LogP contribution in [0.4, 0.5) is 5.69 Å². The molecule has 1 aromatic carbocycles. The molecule has 1 heterocycles. The maximum absolute atomic E-state index is 10.6. The Balaban J connectivity index is 2.31. The average molecular weight is 195 g/mol. The predicted octanol–water partition coefficient (Wildman–Crippen LogP) is 0.650. The Morgan fingerprint density at radius 2 is 2.36 bits per heavy atom. The molecule has 0 spiro atoms. The minimum Gasteiger partial charge on any atom is -0.504 e. The smallest absolute Gasteiger partial charge is 0.329 e. The Morgan fingerprint density at radius 3 is 3.07 bits per heavy atom. The second-order valence-electron chi connectivity index (χ2n) is 3.00. The third-order valence-corrected chi connectivity index (χ3v) is 2.02. The molecule has 74 valence electrons. The maximum atomic E-state index is 10.6. The third-order valence-electron chi connectivity index (χ3n) is 2.02. The van der Waals surface area contributed by atoms with Crippen LogP contribution in [0, 0.1) is 0 Å². The van der Waals surface area contributed by atoms with E-state index in [1.54, 1.807) is 12.1 Å². The molecule has 0 saturated heterocycles. The molecule has 0 fully saturated rings. The lowest BCUT2D eigenvalue weighted by atomic mass is 10.2. The number of carboxylic acid groups (broad SMARTS) is 1. The molecule has 0 amide bonds. The van der Waals surface area contributed by atoms with E-state index in [9.17, 15) is 9.90 Å². The first kappa shape index (κ1) is 8.68. The molecule has 0 bridgehead atoms. The Bertz CT molecular complexity index is 377. The summed E-state index contributed by atoms with van der Waals surface area (Å²) in [4.78, 5) is 10.6. The topological polar surface area (TPSA) is 78.8 Å². The maximum Gasteiger partial charge on any atom is 0.329 e. The van der Waals surface area contributed by atoms with Gasteiger partial charge >= 0.3 is 5.97 Å². The molecular formula is C9H9NO4. The zero-order valence-electron chi connectivity index (χ0n) is 7.23. The number of hydrogen-bond acceptors (Lipinski definition) is 4. The van der Waals surface area contributed by atoms with Crippen molar-refractivity contribution >= 4 is 11.7 Å². The fraction of sp³-hybridized carbons (Fsp3) is 0.222. The summed E-state index contributed by atoms with van der Waals surface area (Å²) in [7, 11) is 0. The Labute approximate surface area is 79.9 Å². The third kappa shape index (κ3) is 1.32. The number of carboxylic acids is 1. The minimum absolute atomic E-state index is 0.0128. The highest BCUT2D eigenvalue weighted by molar-refractivity contribution is 5.80. The number of nitrogens with one attached hydrogen (secondary N) is 1. The molecule has 1 unspecified atom stereocenters. The molecule has 0 radical (unpaired) electrons. The number of fused-ring (bicyclic) bond motifs is 1. The van der Waals surface area contributed by atoms with Crippen LogP contribution in [0.1, 0.15) is 0 Å².